The van der Waals surface area contributed by atoms with Crippen molar-refractivity contribution in [1.29, 1.82) is 0 Å². The van der Waals surface area contributed by atoms with Crippen LogP contribution in [0.4, 0.5) is 0 Å². The van der Waals surface area contributed by atoms with Gasteiger partial charge in [0.15, 0.2) is 5.96 Å². The van der Waals surface area contributed by atoms with Crippen molar-refractivity contribution in [3.05, 3.63) is 46.6 Å². The minimum atomic E-state index is 0. The van der Waals surface area contributed by atoms with E-state index >= 15 is 0 Å². The van der Waals surface area contributed by atoms with Crippen LogP contribution in [0.25, 0.3) is 10.9 Å². The molecule has 0 radical (unpaired) electrons. The minimum Gasteiger partial charge on any atom is -0.370 e. The second-order valence-corrected chi connectivity index (χ2v) is 5.75. The van der Waals surface area contributed by atoms with Crippen molar-refractivity contribution in [2.24, 2.45) is 10.7 Å². The lowest BCUT2D eigenvalue weighted by Crippen LogP contribution is -2.33. The second kappa shape index (κ2) is 8.43. The van der Waals surface area contributed by atoms with E-state index in [0.29, 0.717) is 12.5 Å². The van der Waals surface area contributed by atoms with Crippen molar-refractivity contribution in [3.8, 4) is 0 Å². The van der Waals surface area contributed by atoms with E-state index in [1.807, 2.05) is 19.2 Å². The maximum Gasteiger partial charge on any atom is 0.188 e. The average Bonchev–Trinajstić information content (AvgIpc) is 2.79. The Balaban J connectivity index is 0.00000220. The van der Waals surface area contributed by atoms with E-state index in [0.717, 1.165) is 28.5 Å². The van der Waals surface area contributed by atoms with E-state index in [1.165, 1.54) is 10.9 Å². The smallest absolute Gasteiger partial charge is 0.188 e. The van der Waals surface area contributed by atoms with Crippen LogP contribution in [0.3, 0.4) is 0 Å². The Kier molecular flexibility index (Phi) is 7.24. The number of benzene rings is 1. The number of halogens is 2. The molecule has 0 saturated carbocycles. The maximum atomic E-state index is 5.78. The van der Waals surface area contributed by atoms with Crippen LogP contribution in [-0.4, -0.2) is 24.0 Å². The number of aromatic nitrogens is 1. The molecule has 0 bridgehead atoms. The normalized spacial score (nSPS) is 11.2. The summed E-state index contributed by atoms with van der Waals surface area (Å²) < 4.78 is 1.08. The standard InChI is InChI=1S/C15H19BrN4.HI/c1-10(2)8-20-15(17)18-6-5-11-9-19-14-4-3-12(16)7-13(11)14;/h3-4,7,9,19H,1,5-6,8H2,2H3,(H3,17,18,20);1H. The molecule has 0 aliphatic heterocycles. The molecular weight excluding hydrogens is 443 g/mol. The van der Waals surface area contributed by atoms with Gasteiger partial charge in [0.2, 0.25) is 0 Å². The van der Waals surface area contributed by atoms with E-state index < -0.39 is 0 Å². The highest BCUT2D eigenvalue weighted by Crippen LogP contribution is 2.22. The molecule has 0 fully saturated rings. The highest BCUT2D eigenvalue weighted by molar-refractivity contribution is 14.0. The largest absolute Gasteiger partial charge is 0.370 e. The first kappa shape index (κ1) is 18.0. The topological polar surface area (TPSA) is 66.2 Å². The van der Waals surface area contributed by atoms with Crippen LogP contribution in [0, 0.1) is 0 Å². The predicted octanol–water partition coefficient (Wildman–Crippen LogP) is 3.57. The molecule has 4 N–H and O–H groups in total. The van der Waals surface area contributed by atoms with Crippen LogP contribution in [0.2, 0.25) is 0 Å². The zero-order valence-electron chi connectivity index (χ0n) is 11.9. The van der Waals surface area contributed by atoms with Crippen LogP contribution in [-0.2, 0) is 6.42 Å². The summed E-state index contributed by atoms with van der Waals surface area (Å²) in [5.74, 6) is 0.467. The molecule has 1 heterocycles. The van der Waals surface area contributed by atoms with Gasteiger partial charge < -0.3 is 16.0 Å². The summed E-state index contributed by atoms with van der Waals surface area (Å²) in [4.78, 5) is 7.46. The molecule has 114 valence electrons. The summed E-state index contributed by atoms with van der Waals surface area (Å²) in [6.07, 6.45) is 2.93. The lowest BCUT2D eigenvalue weighted by molar-refractivity contribution is 0.856. The third kappa shape index (κ3) is 5.35. The summed E-state index contributed by atoms with van der Waals surface area (Å²) in [6.45, 7) is 7.05. The van der Waals surface area contributed by atoms with Gasteiger partial charge in [-0.05, 0) is 37.1 Å². The van der Waals surface area contributed by atoms with Gasteiger partial charge in [-0.25, -0.2) is 4.99 Å². The number of H-pyrrole nitrogens is 1. The molecule has 0 atom stereocenters. The third-order valence-corrected chi connectivity index (χ3v) is 3.44. The van der Waals surface area contributed by atoms with Crippen LogP contribution < -0.4 is 11.1 Å². The van der Waals surface area contributed by atoms with E-state index in [4.69, 9.17) is 5.73 Å². The summed E-state index contributed by atoms with van der Waals surface area (Å²) in [6, 6.07) is 6.22. The summed E-state index contributed by atoms with van der Waals surface area (Å²) in [5, 5.41) is 4.35. The van der Waals surface area contributed by atoms with Crippen molar-refractivity contribution in [1.82, 2.24) is 10.3 Å². The molecular formula is C15H20BrIN4. The molecule has 0 saturated heterocycles. The fraction of sp³-hybridized carbons (Fsp3) is 0.267. The monoisotopic (exact) mass is 462 g/mol. The molecule has 1 aromatic heterocycles. The predicted molar refractivity (Wildman–Crippen MR) is 104 cm³/mol. The number of nitrogens with two attached hydrogens (primary N) is 1. The molecule has 6 heteroatoms. The lowest BCUT2D eigenvalue weighted by atomic mass is 10.1. The van der Waals surface area contributed by atoms with Crippen molar-refractivity contribution < 1.29 is 0 Å². The molecule has 0 aliphatic carbocycles. The summed E-state index contributed by atoms with van der Waals surface area (Å²) in [7, 11) is 0. The molecule has 21 heavy (non-hydrogen) atoms. The SMILES string of the molecule is C=C(C)CN=C(N)NCCc1c[nH]c2ccc(Br)cc12.I. The fourth-order valence-corrected chi connectivity index (χ4v) is 2.32. The Morgan fingerprint density at radius 2 is 2.24 bits per heavy atom. The van der Waals surface area contributed by atoms with Crippen molar-refractivity contribution in [3.63, 3.8) is 0 Å². The van der Waals surface area contributed by atoms with Crippen molar-refractivity contribution in [2.45, 2.75) is 13.3 Å². The first-order chi connectivity index (χ1) is 9.56. The number of nitrogens with zero attached hydrogens (tertiary/aromatic N) is 1. The molecule has 0 spiro atoms. The number of fused-ring (bicyclic) bond motifs is 1. The Labute approximate surface area is 150 Å². The van der Waals surface area contributed by atoms with Gasteiger partial charge in [0.05, 0.1) is 6.54 Å². The molecule has 0 unspecified atom stereocenters. The lowest BCUT2D eigenvalue weighted by Gasteiger charge is -2.05. The summed E-state index contributed by atoms with van der Waals surface area (Å²) >= 11 is 3.50. The van der Waals surface area contributed by atoms with Crippen molar-refractivity contribution in [2.75, 3.05) is 13.1 Å². The molecule has 1 aromatic carbocycles. The minimum absolute atomic E-state index is 0. The quantitative estimate of drug-likeness (QED) is 0.275. The first-order valence-corrected chi connectivity index (χ1v) is 7.29. The molecule has 0 aliphatic rings. The highest BCUT2D eigenvalue weighted by atomic mass is 127. The van der Waals surface area contributed by atoms with Gasteiger partial charge >= 0.3 is 0 Å². The molecule has 2 rings (SSSR count). The zero-order chi connectivity index (χ0) is 14.5. The van der Waals surface area contributed by atoms with E-state index in [-0.39, 0.29) is 24.0 Å². The summed E-state index contributed by atoms with van der Waals surface area (Å²) in [5.41, 5.74) is 9.19. The Morgan fingerprint density at radius 3 is 2.95 bits per heavy atom. The van der Waals surface area contributed by atoms with Gasteiger partial charge in [0.25, 0.3) is 0 Å². The van der Waals surface area contributed by atoms with Crippen molar-refractivity contribution >= 4 is 56.8 Å². The van der Waals surface area contributed by atoms with E-state index in [9.17, 15) is 0 Å². The van der Waals surface area contributed by atoms with Crippen LogP contribution in [0.1, 0.15) is 12.5 Å². The Hall–Kier alpha value is -1.02. The molecule has 4 nitrogen and oxygen atoms in total. The third-order valence-electron chi connectivity index (χ3n) is 2.95. The van der Waals surface area contributed by atoms with Gasteiger partial charge in [-0.1, -0.05) is 28.1 Å². The molecule has 0 amide bonds. The number of hydrogen-bond acceptors (Lipinski definition) is 1. The second-order valence-electron chi connectivity index (χ2n) is 4.84. The van der Waals surface area contributed by atoms with Crippen LogP contribution >= 0.6 is 39.9 Å². The number of rotatable bonds is 5. The Morgan fingerprint density at radius 1 is 1.48 bits per heavy atom. The Bertz CT molecular complexity index is 648. The van der Waals surface area contributed by atoms with E-state index in [1.54, 1.807) is 0 Å². The van der Waals surface area contributed by atoms with Crippen LogP contribution in [0.5, 0.6) is 0 Å². The van der Waals surface area contributed by atoms with E-state index in [2.05, 4.69) is 49.9 Å². The van der Waals surface area contributed by atoms with Gasteiger partial charge in [0.1, 0.15) is 0 Å². The van der Waals surface area contributed by atoms with Gasteiger partial charge in [-0.15, -0.1) is 24.0 Å². The number of hydrogen-bond donors (Lipinski definition) is 3. The maximum absolute atomic E-state index is 5.78. The number of aliphatic imine (C=N–C) groups is 1. The number of aromatic amines is 1. The first-order valence-electron chi connectivity index (χ1n) is 6.50. The van der Waals surface area contributed by atoms with Gasteiger partial charge in [-0.2, -0.15) is 0 Å². The zero-order valence-corrected chi connectivity index (χ0v) is 15.9. The molecule has 2 aromatic rings. The fourth-order valence-electron chi connectivity index (χ4n) is 1.96. The number of guanidine groups is 1. The van der Waals surface area contributed by atoms with Gasteiger partial charge in [-0.3, -0.25) is 0 Å². The highest BCUT2D eigenvalue weighted by Gasteiger charge is 2.04. The average molecular weight is 463 g/mol. The number of nitrogens with one attached hydrogen (secondary N) is 2. The van der Waals surface area contributed by atoms with Gasteiger partial charge in [0, 0.05) is 28.1 Å². The van der Waals surface area contributed by atoms with Crippen LogP contribution in [0.15, 0.2) is 46.0 Å².